The van der Waals surface area contributed by atoms with E-state index in [0.717, 1.165) is 0 Å². The summed E-state index contributed by atoms with van der Waals surface area (Å²) >= 11 is 6.10. The molecule has 0 saturated carbocycles. The molecule has 7 nitrogen and oxygen atoms in total. The average molecular weight is 424 g/mol. The number of carbonyl (C=O) groups is 1. The minimum Gasteiger partial charge on any atom is -0.474 e. The van der Waals surface area contributed by atoms with Crippen molar-refractivity contribution in [3.05, 3.63) is 65.3 Å². The van der Waals surface area contributed by atoms with Gasteiger partial charge in [-0.05, 0) is 37.6 Å². The summed E-state index contributed by atoms with van der Waals surface area (Å²) in [5.41, 5.74) is 1.39. The van der Waals surface area contributed by atoms with Gasteiger partial charge in [0.15, 0.2) is 0 Å². The van der Waals surface area contributed by atoms with Crippen molar-refractivity contribution in [2.24, 2.45) is 0 Å². The number of hydrogen-bond donors (Lipinski definition) is 2. The summed E-state index contributed by atoms with van der Waals surface area (Å²) in [5.74, 6) is -0.284. The number of pyridine rings is 1. The normalized spacial score (nSPS) is 11.3. The van der Waals surface area contributed by atoms with Crippen LogP contribution in [0.4, 0.5) is 5.69 Å². The fraction of sp³-hybridized carbons (Fsp3) is 0.263. The van der Waals surface area contributed by atoms with Gasteiger partial charge in [0.2, 0.25) is 15.9 Å². The molecule has 1 amide bonds. The predicted molar refractivity (Wildman–Crippen MR) is 110 cm³/mol. The maximum atomic E-state index is 12.4. The van der Waals surface area contributed by atoms with E-state index in [4.69, 9.17) is 16.3 Å². The van der Waals surface area contributed by atoms with E-state index in [1.54, 1.807) is 24.3 Å². The van der Waals surface area contributed by atoms with Gasteiger partial charge in [0.05, 0.1) is 17.4 Å². The zero-order chi connectivity index (χ0) is 20.7. The second kappa shape index (κ2) is 9.68. The second-order valence-corrected chi connectivity index (χ2v) is 8.44. The number of amides is 1. The van der Waals surface area contributed by atoms with E-state index in [9.17, 15) is 13.2 Å². The molecule has 1 aromatic heterocycles. The Hall–Kier alpha value is -2.42. The Morgan fingerprint density at radius 2 is 2.00 bits per heavy atom. The Morgan fingerprint density at radius 1 is 1.32 bits per heavy atom. The van der Waals surface area contributed by atoms with Crippen LogP contribution in [0.2, 0.25) is 5.02 Å². The van der Waals surface area contributed by atoms with Gasteiger partial charge in [-0.1, -0.05) is 29.8 Å². The third-order valence-corrected chi connectivity index (χ3v) is 5.02. The maximum absolute atomic E-state index is 12.4. The number of anilines is 1. The van der Waals surface area contributed by atoms with E-state index in [1.807, 2.05) is 13.8 Å². The number of benzene rings is 1. The number of nitrogens with one attached hydrogen (secondary N) is 2. The molecule has 0 saturated heterocycles. The number of aromatic nitrogens is 1. The van der Waals surface area contributed by atoms with E-state index in [1.165, 1.54) is 18.3 Å². The summed E-state index contributed by atoms with van der Waals surface area (Å²) in [5, 5.41) is 2.96. The standard InChI is InChI=1S/C19H22ClN3O4S/c1-4-9-22-28(25,26)12-14-5-7-16(8-6-14)23-18(24)15-10-17(20)19(21-11-15)27-13(2)3/h4-8,10-11,13,22H,1,9,12H2,2-3H3,(H,23,24). The molecule has 2 rings (SSSR count). The number of nitrogens with zero attached hydrogens (tertiary/aromatic N) is 1. The highest BCUT2D eigenvalue weighted by molar-refractivity contribution is 7.88. The number of ether oxygens (including phenoxy) is 1. The van der Waals surface area contributed by atoms with Crippen molar-refractivity contribution in [3.63, 3.8) is 0 Å². The van der Waals surface area contributed by atoms with Crippen molar-refractivity contribution in [2.75, 3.05) is 11.9 Å². The fourth-order valence-electron chi connectivity index (χ4n) is 2.20. The van der Waals surface area contributed by atoms with Crippen LogP contribution in [0.15, 0.2) is 49.2 Å². The number of hydrogen-bond acceptors (Lipinski definition) is 5. The van der Waals surface area contributed by atoms with Crippen molar-refractivity contribution in [1.82, 2.24) is 9.71 Å². The molecule has 0 radical (unpaired) electrons. The van der Waals surface area contributed by atoms with Crippen molar-refractivity contribution in [3.8, 4) is 5.88 Å². The zero-order valence-corrected chi connectivity index (χ0v) is 17.2. The molecule has 1 heterocycles. The third kappa shape index (κ3) is 6.63. The molecule has 1 aromatic carbocycles. The van der Waals surface area contributed by atoms with Crippen LogP contribution in [0.3, 0.4) is 0 Å². The molecule has 0 unspecified atom stereocenters. The van der Waals surface area contributed by atoms with E-state index < -0.39 is 15.9 Å². The van der Waals surface area contributed by atoms with E-state index >= 15 is 0 Å². The Labute approximate surface area is 169 Å². The van der Waals surface area contributed by atoms with Crippen LogP contribution >= 0.6 is 11.6 Å². The minimum atomic E-state index is -3.44. The Morgan fingerprint density at radius 3 is 2.57 bits per heavy atom. The second-order valence-electron chi connectivity index (χ2n) is 6.22. The van der Waals surface area contributed by atoms with Gasteiger partial charge in [-0.15, -0.1) is 6.58 Å². The van der Waals surface area contributed by atoms with Gasteiger partial charge >= 0.3 is 0 Å². The molecule has 0 aliphatic rings. The van der Waals surface area contributed by atoms with Crippen molar-refractivity contribution < 1.29 is 17.9 Å². The molecule has 0 spiro atoms. The largest absolute Gasteiger partial charge is 0.474 e. The van der Waals surface area contributed by atoms with Crippen LogP contribution in [0.25, 0.3) is 0 Å². The van der Waals surface area contributed by atoms with Crippen LogP contribution in [0.1, 0.15) is 29.8 Å². The summed E-state index contributed by atoms with van der Waals surface area (Å²) in [6.45, 7) is 7.35. The molecule has 0 bridgehead atoms. The zero-order valence-electron chi connectivity index (χ0n) is 15.6. The first kappa shape index (κ1) is 21.9. The Bertz CT molecular complexity index is 944. The molecule has 28 heavy (non-hydrogen) atoms. The number of rotatable bonds is 9. The van der Waals surface area contributed by atoms with Gasteiger partial charge in [-0.3, -0.25) is 4.79 Å². The molecule has 0 aliphatic heterocycles. The van der Waals surface area contributed by atoms with Gasteiger partial charge in [0.1, 0.15) is 5.02 Å². The molecular formula is C19H22ClN3O4S. The van der Waals surface area contributed by atoms with E-state index in [2.05, 4.69) is 21.6 Å². The highest BCUT2D eigenvalue weighted by Crippen LogP contribution is 2.24. The molecule has 9 heteroatoms. The highest BCUT2D eigenvalue weighted by atomic mass is 35.5. The lowest BCUT2D eigenvalue weighted by Gasteiger charge is -2.11. The molecular weight excluding hydrogens is 402 g/mol. The first-order valence-electron chi connectivity index (χ1n) is 8.51. The van der Waals surface area contributed by atoms with Gasteiger partial charge < -0.3 is 10.1 Å². The van der Waals surface area contributed by atoms with Crippen molar-refractivity contribution >= 4 is 33.2 Å². The van der Waals surface area contributed by atoms with Gasteiger partial charge in [-0.2, -0.15) is 0 Å². The van der Waals surface area contributed by atoms with Crippen molar-refractivity contribution in [2.45, 2.75) is 25.7 Å². The molecule has 150 valence electrons. The quantitative estimate of drug-likeness (QED) is 0.602. The summed E-state index contributed by atoms with van der Waals surface area (Å²) in [6, 6.07) is 8.00. The number of sulfonamides is 1. The van der Waals surface area contributed by atoms with Gasteiger partial charge in [-0.25, -0.2) is 18.1 Å². The first-order chi connectivity index (χ1) is 13.2. The summed E-state index contributed by atoms with van der Waals surface area (Å²) in [6.07, 6.45) is 2.77. The summed E-state index contributed by atoms with van der Waals surface area (Å²) < 4.78 is 31.6. The van der Waals surface area contributed by atoms with Crippen LogP contribution in [-0.4, -0.2) is 32.0 Å². The molecule has 0 fully saturated rings. The molecule has 2 N–H and O–H groups in total. The van der Waals surface area contributed by atoms with Crippen LogP contribution in [0, 0.1) is 0 Å². The smallest absolute Gasteiger partial charge is 0.257 e. The summed E-state index contributed by atoms with van der Waals surface area (Å²) in [4.78, 5) is 16.4. The predicted octanol–water partition coefficient (Wildman–Crippen LogP) is 3.38. The third-order valence-electron chi connectivity index (χ3n) is 3.43. The van der Waals surface area contributed by atoms with Crippen LogP contribution in [0.5, 0.6) is 5.88 Å². The Kier molecular flexibility index (Phi) is 7.56. The Balaban J connectivity index is 2.03. The SMILES string of the molecule is C=CCNS(=O)(=O)Cc1ccc(NC(=O)c2cnc(OC(C)C)c(Cl)c2)cc1. The monoisotopic (exact) mass is 423 g/mol. The summed E-state index contributed by atoms with van der Waals surface area (Å²) in [7, 11) is -3.44. The topological polar surface area (TPSA) is 97.4 Å². The molecule has 2 aromatic rings. The van der Waals surface area contributed by atoms with Gasteiger partial charge in [0, 0.05) is 18.4 Å². The lowest BCUT2D eigenvalue weighted by Crippen LogP contribution is -2.25. The molecule has 0 atom stereocenters. The fourth-order valence-corrected chi connectivity index (χ4v) is 3.52. The van der Waals surface area contributed by atoms with E-state index in [0.29, 0.717) is 11.3 Å². The first-order valence-corrected chi connectivity index (χ1v) is 10.5. The van der Waals surface area contributed by atoms with E-state index in [-0.39, 0.29) is 34.9 Å². The maximum Gasteiger partial charge on any atom is 0.257 e. The van der Waals surface area contributed by atoms with Crippen molar-refractivity contribution in [1.29, 1.82) is 0 Å². The lowest BCUT2D eigenvalue weighted by atomic mass is 10.2. The molecule has 0 aliphatic carbocycles. The highest BCUT2D eigenvalue weighted by Gasteiger charge is 2.13. The average Bonchev–Trinajstić information content (AvgIpc) is 2.62. The number of halogens is 1. The van der Waals surface area contributed by atoms with Crippen LogP contribution < -0.4 is 14.8 Å². The minimum absolute atomic E-state index is 0.0843. The number of carbonyl (C=O) groups excluding carboxylic acids is 1. The lowest BCUT2D eigenvalue weighted by molar-refractivity contribution is 0.102. The van der Waals surface area contributed by atoms with Crippen LogP contribution in [-0.2, 0) is 15.8 Å². The van der Waals surface area contributed by atoms with Gasteiger partial charge in [0.25, 0.3) is 5.91 Å².